The van der Waals surface area contributed by atoms with Crippen LogP contribution in [0.3, 0.4) is 0 Å². The molecule has 3 rings (SSSR count). The van der Waals surface area contributed by atoms with Crippen molar-refractivity contribution in [1.82, 2.24) is 10.0 Å². The summed E-state index contributed by atoms with van der Waals surface area (Å²) >= 11 is 5.95. The third kappa shape index (κ3) is 4.21. The molecule has 24 heavy (non-hydrogen) atoms. The molecule has 2 N–H and O–H groups in total. The number of ether oxygens (including phenoxy) is 1. The van der Waals surface area contributed by atoms with Crippen molar-refractivity contribution in [2.24, 2.45) is 0 Å². The van der Waals surface area contributed by atoms with E-state index < -0.39 is 16.0 Å². The normalized spacial score (nSPS) is 25.8. The Kier molecular flexibility index (Phi) is 6.14. The van der Waals surface area contributed by atoms with E-state index in [0.717, 1.165) is 25.7 Å². The van der Waals surface area contributed by atoms with Crippen molar-refractivity contribution >= 4 is 40.0 Å². The van der Waals surface area contributed by atoms with E-state index in [2.05, 4.69) is 14.8 Å². The minimum atomic E-state index is -3.74. The van der Waals surface area contributed by atoms with Crippen LogP contribution in [-0.2, 0) is 14.8 Å². The average molecular weight is 395 g/mol. The molecule has 9 heteroatoms. The monoisotopic (exact) mass is 394 g/mol. The van der Waals surface area contributed by atoms with Gasteiger partial charge >= 0.3 is 5.97 Å². The summed E-state index contributed by atoms with van der Waals surface area (Å²) in [7, 11) is -2.50. The Balaban J connectivity index is 0.00000208. The van der Waals surface area contributed by atoms with E-state index in [0.29, 0.717) is 12.1 Å². The van der Waals surface area contributed by atoms with Crippen LogP contribution in [-0.4, -0.2) is 39.6 Å². The van der Waals surface area contributed by atoms with Crippen molar-refractivity contribution < 1.29 is 17.9 Å². The molecule has 2 heterocycles. The Labute approximate surface area is 152 Å². The van der Waals surface area contributed by atoms with Gasteiger partial charge in [-0.1, -0.05) is 11.6 Å². The summed E-state index contributed by atoms with van der Waals surface area (Å²) in [5, 5.41) is 3.65. The molecule has 0 aliphatic carbocycles. The molecular weight excluding hydrogens is 375 g/mol. The van der Waals surface area contributed by atoms with Gasteiger partial charge in [-0.3, -0.25) is 0 Å². The predicted molar refractivity (Wildman–Crippen MR) is 93.3 cm³/mol. The van der Waals surface area contributed by atoms with Crippen LogP contribution >= 0.6 is 24.0 Å². The van der Waals surface area contributed by atoms with Gasteiger partial charge in [-0.15, -0.1) is 12.4 Å². The summed E-state index contributed by atoms with van der Waals surface area (Å²) in [6, 6.07) is 4.68. The summed E-state index contributed by atoms with van der Waals surface area (Å²) < 4.78 is 32.6. The molecule has 2 unspecified atom stereocenters. The van der Waals surface area contributed by atoms with Crippen molar-refractivity contribution in [2.45, 2.75) is 48.7 Å². The number of halogens is 2. The molecular formula is C15H20Cl2N2O4S. The van der Waals surface area contributed by atoms with Crippen molar-refractivity contribution in [3.63, 3.8) is 0 Å². The third-order valence-corrected chi connectivity index (χ3v) is 6.12. The van der Waals surface area contributed by atoms with Gasteiger partial charge in [0.05, 0.1) is 17.6 Å². The number of hydrogen-bond donors (Lipinski definition) is 2. The van der Waals surface area contributed by atoms with E-state index in [9.17, 15) is 13.2 Å². The number of hydrogen-bond acceptors (Lipinski definition) is 5. The lowest BCUT2D eigenvalue weighted by Gasteiger charge is -2.29. The molecule has 0 radical (unpaired) electrons. The molecule has 134 valence electrons. The highest BCUT2D eigenvalue weighted by Crippen LogP contribution is 2.28. The Hall–Kier alpha value is -0.860. The second-order valence-electron chi connectivity index (χ2n) is 6.09. The number of carbonyl (C=O) groups excluding carboxylic acids is 1. The number of carbonyl (C=O) groups is 1. The highest BCUT2D eigenvalue weighted by molar-refractivity contribution is 7.89. The molecule has 6 nitrogen and oxygen atoms in total. The second kappa shape index (κ2) is 7.58. The maximum absolute atomic E-state index is 12.6. The number of fused-ring (bicyclic) bond motifs is 2. The van der Waals surface area contributed by atoms with Gasteiger partial charge in [-0.25, -0.2) is 17.9 Å². The maximum Gasteiger partial charge on any atom is 0.337 e. The smallest absolute Gasteiger partial charge is 0.337 e. The fraction of sp³-hybridized carbons (Fsp3) is 0.533. The van der Waals surface area contributed by atoms with E-state index in [1.165, 1.54) is 25.3 Å². The van der Waals surface area contributed by atoms with E-state index in [4.69, 9.17) is 11.6 Å². The zero-order valence-electron chi connectivity index (χ0n) is 13.1. The number of sulfonamides is 1. The third-order valence-electron chi connectivity index (χ3n) is 4.40. The van der Waals surface area contributed by atoms with Gasteiger partial charge in [0, 0.05) is 23.1 Å². The maximum atomic E-state index is 12.6. The van der Waals surface area contributed by atoms with Crippen LogP contribution in [0.1, 0.15) is 36.0 Å². The lowest BCUT2D eigenvalue weighted by molar-refractivity contribution is 0.0600. The first-order chi connectivity index (χ1) is 10.9. The van der Waals surface area contributed by atoms with Crippen LogP contribution in [0.5, 0.6) is 0 Å². The number of piperidine rings is 1. The molecule has 2 bridgehead atoms. The molecule has 2 aliphatic rings. The Morgan fingerprint density at radius 1 is 1.25 bits per heavy atom. The fourth-order valence-electron chi connectivity index (χ4n) is 3.39. The molecule has 0 spiro atoms. The lowest BCUT2D eigenvalue weighted by Crippen LogP contribution is -2.47. The van der Waals surface area contributed by atoms with E-state index in [1.807, 2.05) is 0 Å². The average Bonchev–Trinajstić information content (AvgIpc) is 2.84. The van der Waals surface area contributed by atoms with E-state index >= 15 is 0 Å². The second-order valence-corrected chi connectivity index (χ2v) is 8.25. The highest BCUT2D eigenvalue weighted by Gasteiger charge is 2.35. The van der Waals surface area contributed by atoms with Crippen molar-refractivity contribution in [3.8, 4) is 0 Å². The van der Waals surface area contributed by atoms with Crippen LogP contribution in [0, 0.1) is 0 Å². The number of nitrogens with one attached hydrogen (secondary N) is 2. The lowest BCUT2D eigenvalue weighted by atomic mass is 10.0. The number of esters is 1. The highest BCUT2D eigenvalue weighted by atomic mass is 35.5. The number of methoxy groups -OCH3 is 1. The fourth-order valence-corrected chi connectivity index (χ4v) is 5.03. The quantitative estimate of drug-likeness (QED) is 0.763. The van der Waals surface area contributed by atoms with Gasteiger partial charge in [0.2, 0.25) is 10.0 Å². The first-order valence-corrected chi connectivity index (χ1v) is 9.41. The summed E-state index contributed by atoms with van der Waals surface area (Å²) in [6.07, 6.45) is 3.74. The topological polar surface area (TPSA) is 84.5 Å². The zero-order chi connectivity index (χ0) is 16.6. The van der Waals surface area contributed by atoms with Crippen molar-refractivity contribution in [2.75, 3.05) is 7.11 Å². The van der Waals surface area contributed by atoms with Gasteiger partial charge < -0.3 is 10.1 Å². The molecule has 2 aliphatic heterocycles. The zero-order valence-corrected chi connectivity index (χ0v) is 15.5. The summed E-state index contributed by atoms with van der Waals surface area (Å²) in [5.74, 6) is -0.621. The number of benzene rings is 1. The first kappa shape index (κ1) is 19.5. The SMILES string of the molecule is COC(=O)c1cc(Cl)cc(S(=O)(=O)NC2CC3CCC(C2)N3)c1.Cl. The molecule has 1 aromatic rings. The minimum absolute atomic E-state index is 0. The van der Waals surface area contributed by atoms with E-state index in [-0.39, 0.29) is 33.9 Å². The van der Waals surface area contributed by atoms with Crippen LogP contribution in [0.15, 0.2) is 23.1 Å². The molecule has 2 atom stereocenters. The van der Waals surface area contributed by atoms with Crippen LogP contribution in [0.25, 0.3) is 0 Å². The van der Waals surface area contributed by atoms with Crippen molar-refractivity contribution in [1.29, 1.82) is 0 Å². The summed E-state index contributed by atoms with van der Waals surface area (Å²) in [5.41, 5.74) is 0.116. The predicted octanol–water partition coefficient (Wildman–Crippen LogP) is 2.11. The number of rotatable bonds is 4. The van der Waals surface area contributed by atoms with Gasteiger partial charge in [0.25, 0.3) is 0 Å². The van der Waals surface area contributed by atoms with E-state index in [1.54, 1.807) is 0 Å². The summed E-state index contributed by atoms with van der Waals surface area (Å²) in [4.78, 5) is 11.6. The van der Waals surface area contributed by atoms with Gasteiger partial charge in [0.1, 0.15) is 0 Å². The molecule has 0 amide bonds. The molecule has 1 aromatic carbocycles. The first-order valence-electron chi connectivity index (χ1n) is 7.54. The van der Waals surface area contributed by atoms with Crippen LogP contribution < -0.4 is 10.0 Å². The Morgan fingerprint density at radius 3 is 2.46 bits per heavy atom. The molecule has 0 aromatic heterocycles. The molecule has 0 saturated carbocycles. The van der Waals surface area contributed by atoms with Gasteiger partial charge in [-0.2, -0.15) is 0 Å². The van der Waals surface area contributed by atoms with Crippen LogP contribution in [0.2, 0.25) is 5.02 Å². The Morgan fingerprint density at radius 2 is 1.88 bits per heavy atom. The van der Waals surface area contributed by atoms with Gasteiger partial charge in [-0.05, 0) is 43.9 Å². The van der Waals surface area contributed by atoms with Gasteiger partial charge in [0.15, 0.2) is 0 Å². The molecule has 2 fully saturated rings. The van der Waals surface area contributed by atoms with Crippen molar-refractivity contribution in [3.05, 3.63) is 28.8 Å². The summed E-state index contributed by atoms with van der Waals surface area (Å²) in [6.45, 7) is 0. The molecule has 2 saturated heterocycles. The Bertz CT molecular complexity index is 714. The minimum Gasteiger partial charge on any atom is -0.465 e. The van der Waals surface area contributed by atoms with Crippen LogP contribution in [0.4, 0.5) is 0 Å². The standard InChI is InChI=1S/C15H19ClN2O4S.ClH/c1-22-15(19)9-4-10(16)6-14(5-9)23(20,21)18-13-7-11-2-3-12(8-13)17-11;/h4-6,11-13,17-18H,2-3,7-8H2,1H3;1H. The largest absolute Gasteiger partial charge is 0.465 e.